The fraction of sp³-hybridized carbons (Fsp3) is 0.133. The van der Waals surface area contributed by atoms with Crippen LogP contribution >= 0.6 is 11.6 Å². The van der Waals surface area contributed by atoms with Crippen LogP contribution in [-0.2, 0) is 0 Å². The van der Waals surface area contributed by atoms with E-state index >= 15 is 0 Å². The number of carbonyl (C=O) groups excluding carboxylic acids is 1. The highest BCUT2D eigenvalue weighted by Gasteiger charge is 2.10. The molecule has 2 nitrogen and oxygen atoms in total. The molecule has 3 heteroatoms. The van der Waals surface area contributed by atoms with Gasteiger partial charge in [0.15, 0.2) is 12.4 Å². The first-order valence-corrected chi connectivity index (χ1v) is 6.02. The molecule has 18 heavy (non-hydrogen) atoms. The second-order valence-corrected chi connectivity index (χ2v) is 4.36. The summed E-state index contributed by atoms with van der Waals surface area (Å²) in [6.07, 6.45) is 0. The molecule has 0 saturated heterocycles. The summed E-state index contributed by atoms with van der Waals surface area (Å²) in [5.41, 5.74) is 1.63. The third kappa shape index (κ3) is 2.90. The molecule has 92 valence electrons. The Morgan fingerprint density at radius 3 is 2.50 bits per heavy atom. The quantitative estimate of drug-likeness (QED) is 0.779. The second kappa shape index (κ2) is 5.69. The van der Waals surface area contributed by atoms with E-state index in [1.807, 2.05) is 37.3 Å². The van der Waals surface area contributed by atoms with E-state index in [1.54, 1.807) is 18.2 Å². The highest BCUT2D eigenvalue weighted by Crippen LogP contribution is 2.23. The monoisotopic (exact) mass is 260 g/mol. The van der Waals surface area contributed by atoms with Crippen LogP contribution in [-0.4, -0.2) is 12.4 Å². The summed E-state index contributed by atoms with van der Waals surface area (Å²) in [5.74, 6) is 0.481. The Balaban J connectivity index is 2.06. The predicted molar refractivity (Wildman–Crippen MR) is 72.5 cm³/mol. The third-order valence-electron chi connectivity index (χ3n) is 2.64. The van der Waals surface area contributed by atoms with Gasteiger partial charge in [-0.15, -0.1) is 0 Å². The molecule has 0 radical (unpaired) electrons. The molecule has 0 heterocycles. The lowest BCUT2D eigenvalue weighted by Crippen LogP contribution is -2.12. The van der Waals surface area contributed by atoms with Crippen molar-refractivity contribution in [1.82, 2.24) is 0 Å². The Morgan fingerprint density at radius 1 is 1.11 bits per heavy atom. The molecule has 0 fully saturated rings. The van der Waals surface area contributed by atoms with Crippen LogP contribution in [0.25, 0.3) is 0 Å². The number of Topliss-reactive ketones (excluding diaryl/α,β-unsaturated/α-hetero) is 1. The molecule has 2 rings (SSSR count). The van der Waals surface area contributed by atoms with Crippen molar-refractivity contribution in [2.75, 3.05) is 6.61 Å². The van der Waals surface area contributed by atoms with Crippen molar-refractivity contribution in [3.63, 3.8) is 0 Å². The highest BCUT2D eigenvalue weighted by atomic mass is 35.5. The summed E-state index contributed by atoms with van der Waals surface area (Å²) in [7, 11) is 0. The normalized spacial score (nSPS) is 10.1. The molecule has 0 spiro atoms. The van der Waals surface area contributed by atoms with Crippen LogP contribution in [0.2, 0.25) is 5.02 Å². The molecule has 0 unspecified atom stereocenters. The topological polar surface area (TPSA) is 26.3 Å². The largest absolute Gasteiger partial charge is 0.484 e. The van der Waals surface area contributed by atoms with Gasteiger partial charge in [-0.3, -0.25) is 4.79 Å². The Hall–Kier alpha value is -1.80. The van der Waals surface area contributed by atoms with Crippen molar-refractivity contribution >= 4 is 17.4 Å². The number of ketones is 1. The predicted octanol–water partition coefficient (Wildman–Crippen LogP) is 3.91. The summed E-state index contributed by atoms with van der Waals surface area (Å²) in [6, 6.07) is 14.6. The lowest BCUT2D eigenvalue weighted by Gasteiger charge is -2.08. The molecular formula is C15H13ClO2. The van der Waals surface area contributed by atoms with Gasteiger partial charge in [-0.05, 0) is 24.6 Å². The maximum absolute atomic E-state index is 12.0. The zero-order valence-electron chi connectivity index (χ0n) is 10.0. The minimum atomic E-state index is -0.0481. The number of para-hydroxylation sites is 1. The van der Waals surface area contributed by atoms with E-state index in [0.29, 0.717) is 16.3 Å². The molecule has 0 amide bonds. The maximum atomic E-state index is 12.0. The number of hydrogen-bond acceptors (Lipinski definition) is 2. The Kier molecular flexibility index (Phi) is 4.00. The SMILES string of the molecule is Cc1ccccc1C(=O)COc1ccccc1Cl. The first-order valence-electron chi connectivity index (χ1n) is 5.64. The van der Waals surface area contributed by atoms with Gasteiger partial charge in [-0.2, -0.15) is 0 Å². The van der Waals surface area contributed by atoms with Crippen LogP contribution in [0.4, 0.5) is 0 Å². The number of ether oxygens (including phenoxy) is 1. The van der Waals surface area contributed by atoms with Crippen LogP contribution < -0.4 is 4.74 Å². The average Bonchev–Trinajstić information content (AvgIpc) is 2.38. The van der Waals surface area contributed by atoms with Crippen molar-refractivity contribution in [3.8, 4) is 5.75 Å². The van der Waals surface area contributed by atoms with Gasteiger partial charge >= 0.3 is 0 Å². The molecule has 0 N–H and O–H groups in total. The standard InChI is InChI=1S/C15H13ClO2/c1-11-6-2-3-7-12(11)14(17)10-18-15-9-5-4-8-13(15)16/h2-9H,10H2,1H3. The Bertz CT molecular complexity index is 564. The number of benzene rings is 2. The first-order chi connectivity index (χ1) is 8.68. The molecular weight excluding hydrogens is 248 g/mol. The minimum absolute atomic E-state index is 0.00537. The van der Waals surface area contributed by atoms with Crippen molar-refractivity contribution in [2.45, 2.75) is 6.92 Å². The zero-order valence-corrected chi connectivity index (χ0v) is 10.8. The second-order valence-electron chi connectivity index (χ2n) is 3.96. The van der Waals surface area contributed by atoms with Gasteiger partial charge in [-0.25, -0.2) is 0 Å². The van der Waals surface area contributed by atoms with Crippen LogP contribution in [0, 0.1) is 6.92 Å². The Labute approximate surface area is 111 Å². The third-order valence-corrected chi connectivity index (χ3v) is 2.95. The van der Waals surface area contributed by atoms with Crippen molar-refractivity contribution < 1.29 is 9.53 Å². The first kappa shape index (κ1) is 12.7. The highest BCUT2D eigenvalue weighted by molar-refractivity contribution is 6.32. The summed E-state index contributed by atoms with van der Waals surface area (Å²) in [4.78, 5) is 12.0. The molecule has 0 aliphatic heterocycles. The smallest absolute Gasteiger partial charge is 0.200 e. The van der Waals surface area contributed by atoms with E-state index in [0.717, 1.165) is 5.56 Å². The van der Waals surface area contributed by atoms with E-state index in [-0.39, 0.29) is 12.4 Å². The van der Waals surface area contributed by atoms with Gasteiger partial charge in [0, 0.05) is 5.56 Å². The summed E-state index contributed by atoms with van der Waals surface area (Å²) >= 11 is 5.95. The number of halogens is 1. The zero-order chi connectivity index (χ0) is 13.0. The van der Waals surface area contributed by atoms with Gasteiger partial charge < -0.3 is 4.74 Å². The van der Waals surface area contributed by atoms with E-state index in [1.165, 1.54) is 0 Å². The van der Waals surface area contributed by atoms with Crippen molar-refractivity contribution in [1.29, 1.82) is 0 Å². The average molecular weight is 261 g/mol. The van der Waals surface area contributed by atoms with Gasteiger partial charge in [0.25, 0.3) is 0 Å². The van der Waals surface area contributed by atoms with Crippen molar-refractivity contribution in [3.05, 3.63) is 64.7 Å². The summed E-state index contributed by atoms with van der Waals surface area (Å²) < 4.78 is 5.43. The molecule has 2 aromatic carbocycles. The van der Waals surface area contributed by atoms with Gasteiger partial charge in [0.1, 0.15) is 5.75 Å². The fourth-order valence-electron chi connectivity index (χ4n) is 1.67. The minimum Gasteiger partial charge on any atom is -0.484 e. The molecule has 0 bridgehead atoms. The van der Waals surface area contributed by atoms with E-state index in [9.17, 15) is 4.79 Å². The number of carbonyl (C=O) groups is 1. The molecule has 0 atom stereocenters. The Morgan fingerprint density at radius 2 is 1.78 bits per heavy atom. The summed E-state index contributed by atoms with van der Waals surface area (Å²) in [6.45, 7) is 1.90. The lowest BCUT2D eigenvalue weighted by atomic mass is 10.1. The van der Waals surface area contributed by atoms with Gasteiger partial charge in [-0.1, -0.05) is 48.0 Å². The summed E-state index contributed by atoms with van der Waals surface area (Å²) in [5, 5.41) is 0.509. The maximum Gasteiger partial charge on any atom is 0.200 e. The van der Waals surface area contributed by atoms with E-state index in [2.05, 4.69) is 0 Å². The molecule has 0 aromatic heterocycles. The number of rotatable bonds is 4. The van der Waals surface area contributed by atoms with Crippen LogP contribution in [0.3, 0.4) is 0 Å². The molecule has 0 aliphatic rings. The molecule has 0 aliphatic carbocycles. The molecule has 0 saturated carbocycles. The van der Waals surface area contributed by atoms with E-state index < -0.39 is 0 Å². The number of aryl methyl sites for hydroxylation is 1. The fourth-order valence-corrected chi connectivity index (χ4v) is 1.86. The van der Waals surface area contributed by atoms with Crippen LogP contribution in [0.1, 0.15) is 15.9 Å². The molecule has 2 aromatic rings. The lowest BCUT2D eigenvalue weighted by molar-refractivity contribution is 0.0921. The van der Waals surface area contributed by atoms with Gasteiger partial charge in [0.05, 0.1) is 5.02 Å². The van der Waals surface area contributed by atoms with E-state index in [4.69, 9.17) is 16.3 Å². The van der Waals surface area contributed by atoms with Gasteiger partial charge in [0.2, 0.25) is 0 Å². The van der Waals surface area contributed by atoms with Crippen LogP contribution in [0.15, 0.2) is 48.5 Å². The van der Waals surface area contributed by atoms with Crippen molar-refractivity contribution in [2.24, 2.45) is 0 Å². The number of hydrogen-bond donors (Lipinski definition) is 0. The van der Waals surface area contributed by atoms with Crippen LogP contribution in [0.5, 0.6) is 5.75 Å².